The van der Waals surface area contributed by atoms with Crippen LogP contribution < -0.4 is 0 Å². The van der Waals surface area contributed by atoms with Gasteiger partial charge in [-0.3, -0.25) is 0 Å². The Bertz CT molecular complexity index is 812. The van der Waals surface area contributed by atoms with Gasteiger partial charge in [-0.05, 0) is 108 Å². The molecular weight excluding hydrogens is 392 g/mol. The Balaban J connectivity index is 1.58. The maximum absolute atomic E-state index is 11.3. The van der Waals surface area contributed by atoms with Crippen molar-refractivity contribution in [3.05, 3.63) is 12.2 Å². The Morgan fingerprint density at radius 1 is 0.656 bits per heavy atom. The lowest BCUT2D eigenvalue weighted by Crippen LogP contribution is -2.66. The maximum atomic E-state index is 11.3. The molecule has 0 aromatic heterocycles. The molecule has 0 aromatic carbocycles. The molecule has 0 heterocycles. The number of hydrogen-bond donors (Lipinski definition) is 2. The van der Waals surface area contributed by atoms with Crippen molar-refractivity contribution in [3.8, 4) is 0 Å². The van der Waals surface area contributed by atoms with Gasteiger partial charge in [-0.2, -0.15) is 0 Å². The summed E-state index contributed by atoms with van der Waals surface area (Å²) in [5, 5.41) is 22.2. The van der Waals surface area contributed by atoms with E-state index in [0.29, 0.717) is 29.1 Å². The minimum atomic E-state index is -0.173. The van der Waals surface area contributed by atoms with Gasteiger partial charge in [0.1, 0.15) is 0 Å². The average molecular weight is 443 g/mol. The molecule has 0 radical (unpaired) electrons. The predicted octanol–water partition coefficient (Wildman–Crippen LogP) is 7.00. The van der Waals surface area contributed by atoms with E-state index in [1.54, 1.807) is 0 Å². The standard InChI is InChI=1S/C30H50O2/c1-25(2)17-20-19-9-10-22-28(6)13-12-23(31)26(3,4)21(28)11-14-30(22,8)29(19,7)16-15-27(20,5)24(32)18-25/h9-10,19-24,31-32H,11-18H2,1-8H3/t19-,20+,21+,22-,23+,24-,27-,28+,29-,30-/m1/s1. The highest BCUT2D eigenvalue weighted by molar-refractivity contribution is 5.26. The Kier molecular flexibility index (Phi) is 4.87. The molecule has 32 heavy (non-hydrogen) atoms. The summed E-state index contributed by atoms with van der Waals surface area (Å²) < 4.78 is 0. The summed E-state index contributed by atoms with van der Waals surface area (Å²) in [5.41, 5.74) is 1.14. The summed E-state index contributed by atoms with van der Waals surface area (Å²) in [6, 6.07) is 0. The first-order valence-electron chi connectivity index (χ1n) is 13.7. The number of rotatable bonds is 0. The Hall–Kier alpha value is -0.340. The van der Waals surface area contributed by atoms with E-state index >= 15 is 0 Å². The van der Waals surface area contributed by atoms with E-state index in [1.165, 1.54) is 32.1 Å². The molecule has 182 valence electrons. The van der Waals surface area contributed by atoms with Crippen LogP contribution in [0.3, 0.4) is 0 Å². The van der Waals surface area contributed by atoms with Crippen LogP contribution >= 0.6 is 0 Å². The van der Waals surface area contributed by atoms with Gasteiger partial charge in [-0.25, -0.2) is 0 Å². The molecule has 0 saturated heterocycles. The normalized spacial score (nSPS) is 58.2. The zero-order valence-corrected chi connectivity index (χ0v) is 22.2. The van der Waals surface area contributed by atoms with Crippen LogP contribution in [-0.2, 0) is 0 Å². The fourth-order valence-electron chi connectivity index (χ4n) is 10.7. The summed E-state index contributed by atoms with van der Waals surface area (Å²) in [7, 11) is 0. The number of allylic oxidation sites excluding steroid dienone is 2. The van der Waals surface area contributed by atoms with Crippen molar-refractivity contribution in [2.75, 3.05) is 0 Å². The van der Waals surface area contributed by atoms with Gasteiger partial charge in [0.25, 0.3) is 0 Å². The Morgan fingerprint density at radius 2 is 1.34 bits per heavy atom. The van der Waals surface area contributed by atoms with Crippen molar-refractivity contribution < 1.29 is 10.2 Å². The van der Waals surface area contributed by atoms with Crippen molar-refractivity contribution in [1.29, 1.82) is 0 Å². The monoisotopic (exact) mass is 442 g/mol. The third kappa shape index (κ3) is 2.72. The molecule has 10 atom stereocenters. The van der Waals surface area contributed by atoms with Crippen molar-refractivity contribution >= 4 is 0 Å². The lowest BCUT2D eigenvalue weighted by atomic mass is 9.33. The zero-order chi connectivity index (χ0) is 23.5. The molecule has 0 aromatic rings. The summed E-state index contributed by atoms with van der Waals surface area (Å²) in [5.74, 6) is 2.32. The van der Waals surface area contributed by atoms with Gasteiger partial charge in [-0.1, -0.05) is 67.5 Å². The highest BCUT2D eigenvalue weighted by Crippen LogP contribution is 2.75. The van der Waals surface area contributed by atoms with Crippen LogP contribution in [0.4, 0.5) is 0 Å². The smallest absolute Gasteiger partial charge is 0.0601 e. The number of hydrogen-bond acceptors (Lipinski definition) is 2. The van der Waals surface area contributed by atoms with Crippen LogP contribution in [-0.4, -0.2) is 22.4 Å². The second kappa shape index (κ2) is 6.66. The third-order valence-corrected chi connectivity index (χ3v) is 13.2. The molecule has 5 aliphatic carbocycles. The van der Waals surface area contributed by atoms with Crippen LogP contribution in [0.15, 0.2) is 12.2 Å². The van der Waals surface area contributed by atoms with Crippen LogP contribution in [0, 0.1) is 56.2 Å². The molecule has 2 heteroatoms. The lowest BCUT2D eigenvalue weighted by Gasteiger charge is -2.72. The van der Waals surface area contributed by atoms with E-state index in [4.69, 9.17) is 0 Å². The molecule has 5 rings (SSSR count). The van der Waals surface area contributed by atoms with Gasteiger partial charge in [-0.15, -0.1) is 0 Å². The number of aliphatic hydroxyl groups is 2. The molecule has 0 aliphatic heterocycles. The number of aliphatic hydroxyl groups excluding tert-OH is 2. The maximum Gasteiger partial charge on any atom is 0.0601 e. The molecule has 0 unspecified atom stereocenters. The topological polar surface area (TPSA) is 40.5 Å². The van der Waals surface area contributed by atoms with Crippen molar-refractivity contribution in [3.63, 3.8) is 0 Å². The lowest BCUT2D eigenvalue weighted by molar-refractivity contribution is -0.228. The minimum Gasteiger partial charge on any atom is -0.393 e. The van der Waals surface area contributed by atoms with E-state index in [0.717, 1.165) is 19.3 Å². The fourth-order valence-corrected chi connectivity index (χ4v) is 10.7. The minimum absolute atomic E-state index is 0.00254. The van der Waals surface area contributed by atoms with Gasteiger partial charge in [0, 0.05) is 0 Å². The summed E-state index contributed by atoms with van der Waals surface area (Å²) >= 11 is 0. The van der Waals surface area contributed by atoms with Gasteiger partial charge >= 0.3 is 0 Å². The first-order valence-corrected chi connectivity index (χ1v) is 13.7. The van der Waals surface area contributed by atoms with Crippen LogP contribution in [0.1, 0.15) is 107 Å². The van der Waals surface area contributed by atoms with Gasteiger partial charge in [0.05, 0.1) is 12.2 Å². The quantitative estimate of drug-likeness (QED) is 0.397. The molecule has 0 amide bonds. The third-order valence-electron chi connectivity index (χ3n) is 13.2. The second-order valence-electron chi connectivity index (χ2n) is 15.4. The highest BCUT2D eigenvalue weighted by atomic mass is 16.3. The van der Waals surface area contributed by atoms with E-state index < -0.39 is 0 Å². The van der Waals surface area contributed by atoms with Crippen LogP contribution in [0.25, 0.3) is 0 Å². The predicted molar refractivity (Wildman–Crippen MR) is 132 cm³/mol. The first kappa shape index (κ1) is 23.4. The molecule has 2 N–H and O–H groups in total. The zero-order valence-electron chi connectivity index (χ0n) is 22.2. The fraction of sp³-hybridized carbons (Fsp3) is 0.933. The molecule has 5 aliphatic rings. The molecule has 0 spiro atoms. The SMILES string of the molecule is CC1(C)C[C@@H](O)[C@]2(C)CC[C@]3(C)[C@H](C=C[C@@H]4[C@@]5(C)CC[C@H](O)C(C)(C)[C@@H]5CC[C@]43C)[C@@H]2C1. The van der Waals surface area contributed by atoms with Crippen molar-refractivity contribution in [2.45, 2.75) is 119 Å². The van der Waals surface area contributed by atoms with E-state index in [2.05, 4.69) is 67.5 Å². The summed E-state index contributed by atoms with van der Waals surface area (Å²) in [6.45, 7) is 19.7. The molecule has 4 fully saturated rings. The van der Waals surface area contributed by atoms with Crippen LogP contribution in [0.5, 0.6) is 0 Å². The molecule has 4 saturated carbocycles. The van der Waals surface area contributed by atoms with E-state index in [9.17, 15) is 10.2 Å². The molecular formula is C30H50O2. The number of fused-ring (bicyclic) bond motifs is 7. The van der Waals surface area contributed by atoms with Gasteiger partial charge in [0.15, 0.2) is 0 Å². The van der Waals surface area contributed by atoms with Crippen LogP contribution in [0.2, 0.25) is 0 Å². The molecule has 0 bridgehead atoms. The molecule has 2 nitrogen and oxygen atoms in total. The first-order chi connectivity index (χ1) is 14.6. The average Bonchev–Trinajstić information content (AvgIpc) is 2.67. The van der Waals surface area contributed by atoms with E-state index in [-0.39, 0.29) is 39.3 Å². The summed E-state index contributed by atoms with van der Waals surface area (Å²) in [6.07, 6.45) is 14.2. The second-order valence-corrected chi connectivity index (χ2v) is 15.4. The Morgan fingerprint density at radius 3 is 2.03 bits per heavy atom. The van der Waals surface area contributed by atoms with E-state index in [1.807, 2.05) is 0 Å². The largest absolute Gasteiger partial charge is 0.393 e. The Labute approximate surface area is 197 Å². The van der Waals surface area contributed by atoms with Crippen molar-refractivity contribution in [2.24, 2.45) is 56.2 Å². The van der Waals surface area contributed by atoms with Gasteiger partial charge in [0.2, 0.25) is 0 Å². The highest BCUT2D eigenvalue weighted by Gasteiger charge is 2.69. The van der Waals surface area contributed by atoms with Gasteiger partial charge < -0.3 is 10.2 Å². The summed E-state index contributed by atoms with van der Waals surface area (Å²) in [4.78, 5) is 0. The van der Waals surface area contributed by atoms with Crippen molar-refractivity contribution in [1.82, 2.24) is 0 Å².